The number of nitrogen functional groups attached to an aromatic ring is 1. The molecule has 16 heavy (non-hydrogen) atoms. The Kier molecular flexibility index (Phi) is 5.53. The summed E-state index contributed by atoms with van der Waals surface area (Å²) >= 11 is 1.96. The van der Waals surface area contributed by atoms with Crippen LogP contribution in [0.3, 0.4) is 0 Å². The van der Waals surface area contributed by atoms with Gasteiger partial charge >= 0.3 is 0 Å². The third kappa shape index (κ3) is 4.79. The molecule has 3 heteroatoms. The van der Waals surface area contributed by atoms with Gasteiger partial charge in [0.15, 0.2) is 0 Å². The van der Waals surface area contributed by atoms with Crippen LogP contribution in [0, 0.1) is 5.92 Å². The number of rotatable bonds is 6. The van der Waals surface area contributed by atoms with Crippen LogP contribution in [0.15, 0.2) is 24.3 Å². The van der Waals surface area contributed by atoms with E-state index >= 15 is 0 Å². The van der Waals surface area contributed by atoms with Crippen LogP contribution in [0.4, 0.5) is 5.69 Å². The zero-order valence-electron chi connectivity index (χ0n) is 10.3. The van der Waals surface area contributed by atoms with E-state index in [9.17, 15) is 0 Å². The van der Waals surface area contributed by atoms with Gasteiger partial charge < -0.3 is 10.5 Å². The molecule has 90 valence electrons. The maximum atomic E-state index is 5.61. The van der Waals surface area contributed by atoms with Crippen molar-refractivity contribution in [2.75, 3.05) is 18.1 Å². The molecule has 1 atom stereocenters. The molecule has 1 aromatic rings. The molecule has 1 unspecified atom stereocenters. The first kappa shape index (κ1) is 13.2. The molecule has 0 bridgehead atoms. The molecule has 0 aliphatic carbocycles. The van der Waals surface area contributed by atoms with Crippen LogP contribution in [0.2, 0.25) is 0 Å². The number of hydrogen-bond donors (Lipinski definition) is 1. The van der Waals surface area contributed by atoms with Gasteiger partial charge in [-0.05, 0) is 30.2 Å². The van der Waals surface area contributed by atoms with Gasteiger partial charge in [-0.3, -0.25) is 0 Å². The number of anilines is 1. The molecule has 0 heterocycles. The summed E-state index contributed by atoms with van der Waals surface area (Å²) in [7, 11) is 0. The van der Waals surface area contributed by atoms with E-state index in [1.165, 1.54) is 0 Å². The quantitative estimate of drug-likeness (QED) is 0.610. The van der Waals surface area contributed by atoms with Crippen LogP contribution in [0.1, 0.15) is 20.8 Å². The lowest BCUT2D eigenvalue weighted by atomic mass is 10.2. The average molecular weight is 239 g/mol. The van der Waals surface area contributed by atoms with Crippen LogP contribution in [0.5, 0.6) is 5.75 Å². The van der Waals surface area contributed by atoms with Crippen molar-refractivity contribution in [3.63, 3.8) is 0 Å². The molecule has 2 N–H and O–H groups in total. The zero-order chi connectivity index (χ0) is 12.0. The highest BCUT2D eigenvalue weighted by atomic mass is 32.2. The second-order valence-corrected chi connectivity index (χ2v) is 5.72. The first-order valence-corrected chi connectivity index (χ1v) is 6.74. The third-order valence-electron chi connectivity index (χ3n) is 2.55. The Morgan fingerprint density at radius 1 is 1.19 bits per heavy atom. The van der Waals surface area contributed by atoms with E-state index in [0.717, 1.165) is 29.7 Å². The molecule has 0 aromatic heterocycles. The normalized spacial score (nSPS) is 12.8. The van der Waals surface area contributed by atoms with E-state index in [-0.39, 0.29) is 0 Å². The first-order valence-electron chi connectivity index (χ1n) is 5.69. The first-order chi connectivity index (χ1) is 7.59. The Balaban J connectivity index is 2.18. The van der Waals surface area contributed by atoms with E-state index in [2.05, 4.69) is 20.8 Å². The molecule has 0 saturated heterocycles. The zero-order valence-corrected chi connectivity index (χ0v) is 11.1. The largest absolute Gasteiger partial charge is 0.493 e. The molecule has 0 aliphatic heterocycles. The maximum Gasteiger partial charge on any atom is 0.119 e. The summed E-state index contributed by atoms with van der Waals surface area (Å²) in [6.07, 6.45) is 0. The Bertz CT molecular complexity index is 297. The van der Waals surface area contributed by atoms with Gasteiger partial charge in [0.05, 0.1) is 6.61 Å². The molecule has 1 aromatic carbocycles. The van der Waals surface area contributed by atoms with Gasteiger partial charge in [-0.2, -0.15) is 11.8 Å². The smallest absolute Gasteiger partial charge is 0.119 e. The van der Waals surface area contributed by atoms with E-state index in [1.807, 2.05) is 36.0 Å². The van der Waals surface area contributed by atoms with E-state index in [1.54, 1.807) is 0 Å². The van der Waals surface area contributed by atoms with Crippen LogP contribution in [0.25, 0.3) is 0 Å². The second-order valence-electron chi connectivity index (χ2n) is 4.24. The maximum absolute atomic E-state index is 5.61. The van der Waals surface area contributed by atoms with Gasteiger partial charge in [-0.25, -0.2) is 0 Å². The predicted octanol–water partition coefficient (Wildman–Crippen LogP) is 3.43. The minimum Gasteiger partial charge on any atom is -0.493 e. The molecular formula is C13H21NOS. The number of nitrogens with two attached hydrogens (primary N) is 1. The average Bonchev–Trinajstić information content (AvgIpc) is 2.26. The molecule has 1 rings (SSSR count). The van der Waals surface area contributed by atoms with Gasteiger partial charge in [0, 0.05) is 16.7 Å². The molecule has 0 aliphatic rings. The van der Waals surface area contributed by atoms with E-state index in [0.29, 0.717) is 5.25 Å². The fourth-order valence-electron chi connectivity index (χ4n) is 1.15. The van der Waals surface area contributed by atoms with Gasteiger partial charge in [-0.15, -0.1) is 0 Å². The lowest BCUT2D eigenvalue weighted by molar-refractivity contribution is 0.343. The van der Waals surface area contributed by atoms with Crippen molar-refractivity contribution in [3.8, 4) is 5.75 Å². The number of hydrogen-bond acceptors (Lipinski definition) is 3. The van der Waals surface area contributed by atoms with E-state index in [4.69, 9.17) is 10.5 Å². The monoisotopic (exact) mass is 239 g/mol. The van der Waals surface area contributed by atoms with Crippen molar-refractivity contribution in [3.05, 3.63) is 24.3 Å². The predicted molar refractivity (Wildman–Crippen MR) is 73.1 cm³/mol. The molecule has 0 amide bonds. The van der Waals surface area contributed by atoms with Crippen molar-refractivity contribution in [2.24, 2.45) is 5.92 Å². The summed E-state index contributed by atoms with van der Waals surface area (Å²) < 4.78 is 5.61. The summed E-state index contributed by atoms with van der Waals surface area (Å²) in [6.45, 7) is 7.52. The van der Waals surface area contributed by atoms with E-state index < -0.39 is 0 Å². The fourth-order valence-corrected chi connectivity index (χ4v) is 2.09. The Hall–Kier alpha value is -0.830. The Morgan fingerprint density at radius 2 is 1.81 bits per heavy atom. The fraction of sp³-hybridized carbons (Fsp3) is 0.538. The topological polar surface area (TPSA) is 35.2 Å². The van der Waals surface area contributed by atoms with Crippen molar-refractivity contribution >= 4 is 17.4 Å². The highest BCUT2D eigenvalue weighted by molar-refractivity contribution is 7.99. The second kappa shape index (κ2) is 6.69. The summed E-state index contributed by atoms with van der Waals surface area (Å²) in [5.74, 6) is 2.65. The standard InChI is InChI=1S/C13H21NOS/c1-10(2)11(3)16-9-8-15-13-6-4-12(14)5-7-13/h4-7,10-11H,8-9,14H2,1-3H3. The molecule has 2 nitrogen and oxygen atoms in total. The molecule has 0 fully saturated rings. The molecule has 0 radical (unpaired) electrons. The summed E-state index contributed by atoms with van der Waals surface area (Å²) in [5, 5.41) is 0.690. The van der Waals surface area contributed by atoms with Crippen molar-refractivity contribution < 1.29 is 4.74 Å². The van der Waals surface area contributed by atoms with Crippen molar-refractivity contribution in [1.82, 2.24) is 0 Å². The van der Waals surface area contributed by atoms with Gasteiger partial charge in [-0.1, -0.05) is 20.8 Å². The highest BCUT2D eigenvalue weighted by Crippen LogP contribution is 2.19. The van der Waals surface area contributed by atoms with Crippen LogP contribution in [-0.2, 0) is 0 Å². The van der Waals surface area contributed by atoms with Gasteiger partial charge in [0.1, 0.15) is 5.75 Å². The Morgan fingerprint density at radius 3 is 2.38 bits per heavy atom. The summed E-state index contributed by atoms with van der Waals surface area (Å²) in [4.78, 5) is 0. The number of benzene rings is 1. The van der Waals surface area contributed by atoms with Gasteiger partial charge in [0.2, 0.25) is 0 Å². The molecular weight excluding hydrogens is 218 g/mol. The minimum atomic E-state index is 0.690. The Labute approximate surface area is 103 Å². The van der Waals surface area contributed by atoms with Crippen LogP contribution < -0.4 is 10.5 Å². The molecule has 0 saturated carbocycles. The van der Waals surface area contributed by atoms with Crippen molar-refractivity contribution in [1.29, 1.82) is 0 Å². The lowest BCUT2D eigenvalue weighted by Gasteiger charge is -2.14. The van der Waals surface area contributed by atoms with Crippen LogP contribution in [-0.4, -0.2) is 17.6 Å². The number of thioether (sulfide) groups is 1. The van der Waals surface area contributed by atoms with Crippen LogP contribution >= 0.6 is 11.8 Å². The summed E-state index contributed by atoms with van der Waals surface area (Å²) in [5.41, 5.74) is 6.37. The SMILES string of the molecule is CC(C)C(C)SCCOc1ccc(N)cc1. The van der Waals surface area contributed by atoms with Crippen molar-refractivity contribution in [2.45, 2.75) is 26.0 Å². The minimum absolute atomic E-state index is 0.690. The van der Waals surface area contributed by atoms with Gasteiger partial charge in [0.25, 0.3) is 0 Å². The lowest BCUT2D eigenvalue weighted by Crippen LogP contribution is -2.09. The number of ether oxygens (including phenoxy) is 1. The molecule has 0 spiro atoms. The highest BCUT2D eigenvalue weighted by Gasteiger charge is 2.06. The third-order valence-corrected chi connectivity index (χ3v) is 4.02. The summed E-state index contributed by atoms with van der Waals surface area (Å²) in [6, 6.07) is 7.54.